The summed E-state index contributed by atoms with van der Waals surface area (Å²) in [6.07, 6.45) is 0.972. The third-order valence-electron chi connectivity index (χ3n) is 4.06. The minimum Gasteiger partial charge on any atom is -0.496 e. The minimum atomic E-state index is 0.0155. The molecule has 1 amide bonds. The molecule has 0 saturated carbocycles. The van der Waals surface area contributed by atoms with Crippen molar-refractivity contribution in [1.29, 1.82) is 0 Å². The molecule has 0 saturated heterocycles. The zero-order chi connectivity index (χ0) is 16.4. The highest BCUT2D eigenvalue weighted by Crippen LogP contribution is 2.26. The zero-order valence-corrected chi connectivity index (χ0v) is 14.8. The lowest BCUT2D eigenvalue weighted by Gasteiger charge is -2.19. The smallest absolute Gasteiger partial charge is 0.253 e. The van der Waals surface area contributed by atoms with Crippen LogP contribution in [0.25, 0.3) is 0 Å². The number of rotatable bonds is 4. The summed E-state index contributed by atoms with van der Waals surface area (Å²) in [7, 11) is 3.45. The van der Waals surface area contributed by atoms with Crippen LogP contribution in [0.4, 0.5) is 5.69 Å². The molecule has 2 aromatic rings. The summed E-state index contributed by atoms with van der Waals surface area (Å²) in [4.78, 5) is 14.4. The Balaban J connectivity index is 1.79. The summed E-state index contributed by atoms with van der Waals surface area (Å²) in [5, 5.41) is 3.31. The van der Waals surface area contributed by atoms with E-state index in [0.29, 0.717) is 6.54 Å². The molecular formula is C18H19BrN2O2. The Morgan fingerprint density at radius 2 is 2.13 bits per heavy atom. The van der Waals surface area contributed by atoms with Crippen LogP contribution in [0.3, 0.4) is 0 Å². The van der Waals surface area contributed by atoms with E-state index in [4.69, 9.17) is 4.74 Å². The lowest BCUT2D eigenvalue weighted by molar-refractivity contribution is 0.0784. The maximum absolute atomic E-state index is 12.7. The molecule has 5 heteroatoms. The van der Waals surface area contributed by atoms with Crippen LogP contribution in [0, 0.1) is 0 Å². The third kappa shape index (κ3) is 3.34. The van der Waals surface area contributed by atoms with E-state index in [0.717, 1.165) is 40.0 Å². The Kier molecular flexibility index (Phi) is 4.57. The highest BCUT2D eigenvalue weighted by molar-refractivity contribution is 9.10. The van der Waals surface area contributed by atoms with Crippen molar-refractivity contribution in [3.63, 3.8) is 0 Å². The number of methoxy groups -OCH3 is 1. The molecule has 1 aliphatic rings. The van der Waals surface area contributed by atoms with Crippen LogP contribution in [0.15, 0.2) is 40.9 Å². The Morgan fingerprint density at radius 3 is 2.91 bits per heavy atom. The number of anilines is 1. The highest BCUT2D eigenvalue weighted by atomic mass is 79.9. The van der Waals surface area contributed by atoms with Crippen molar-refractivity contribution >= 4 is 27.5 Å². The molecule has 0 fully saturated rings. The van der Waals surface area contributed by atoms with Crippen molar-refractivity contribution in [3.05, 3.63) is 57.6 Å². The van der Waals surface area contributed by atoms with Gasteiger partial charge >= 0.3 is 0 Å². The van der Waals surface area contributed by atoms with Crippen LogP contribution < -0.4 is 10.1 Å². The van der Waals surface area contributed by atoms with Gasteiger partial charge in [-0.3, -0.25) is 4.79 Å². The van der Waals surface area contributed by atoms with Gasteiger partial charge in [-0.25, -0.2) is 0 Å². The second-order valence-electron chi connectivity index (χ2n) is 5.67. The summed E-state index contributed by atoms with van der Waals surface area (Å²) < 4.78 is 6.35. The second-order valence-corrected chi connectivity index (χ2v) is 6.58. The topological polar surface area (TPSA) is 41.6 Å². The number of nitrogens with zero attached hydrogens (tertiary/aromatic N) is 1. The molecular weight excluding hydrogens is 356 g/mol. The molecule has 0 radical (unpaired) electrons. The molecule has 1 N–H and O–H groups in total. The van der Waals surface area contributed by atoms with E-state index in [1.807, 2.05) is 43.4 Å². The lowest BCUT2D eigenvalue weighted by atomic mass is 10.1. The number of benzene rings is 2. The lowest BCUT2D eigenvalue weighted by Crippen LogP contribution is -2.26. The van der Waals surface area contributed by atoms with Gasteiger partial charge in [0.05, 0.1) is 7.11 Å². The summed E-state index contributed by atoms with van der Waals surface area (Å²) in [6.45, 7) is 1.44. The van der Waals surface area contributed by atoms with E-state index in [1.54, 1.807) is 12.0 Å². The molecule has 1 aliphatic heterocycles. The number of carbonyl (C=O) groups is 1. The van der Waals surface area contributed by atoms with Gasteiger partial charge in [0.2, 0.25) is 0 Å². The highest BCUT2D eigenvalue weighted by Gasteiger charge is 2.17. The van der Waals surface area contributed by atoms with Gasteiger partial charge in [0.1, 0.15) is 5.75 Å². The first kappa shape index (κ1) is 15.9. The van der Waals surface area contributed by atoms with Crippen LogP contribution in [0.5, 0.6) is 5.75 Å². The number of hydrogen-bond donors (Lipinski definition) is 1. The van der Waals surface area contributed by atoms with Crippen LogP contribution in [-0.4, -0.2) is 31.5 Å². The summed E-state index contributed by atoms with van der Waals surface area (Å²) in [5.74, 6) is 0.799. The predicted molar refractivity (Wildman–Crippen MR) is 95.1 cm³/mol. The predicted octanol–water partition coefficient (Wildman–Crippen LogP) is 3.70. The van der Waals surface area contributed by atoms with Gasteiger partial charge in [-0.05, 0) is 48.4 Å². The van der Waals surface area contributed by atoms with Crippen LogP contribution in [-0.2, 0) is 13.0 Å². The first-order valence-corrected chi connectivity index (χ1v) is 8.32. The maximum atomic E-state index is 12.7. The van der Waals surface area contributed by atoms with Gasteiger partial charge in [0.15, 0.2) is 0 Å². The molecule has 2 aromatic carbocycles. The fourth-order valence-electron chi connectivity index (χ4n) is 2.86. The number of amides is 1. The average Bonchev–Trinajstić information content (AvgIpc) is 3.01. The monoisotopic (exact) mass is 374 g/mol. The Hall–Kier alpha value is -2.01. The molecule has 0 aliphatic carbocycles. The van der Waals surface area contributed by atoms with Crippen molar-refractivity contribution in [2.45, 2.75) is 13.0 Å². The van der Waals surface area contributed by atoms with Crippen molar-refractivity contribution < 1.29 is 9.53 Å². The fraction of sp³-hybridized carbons (Fsp3) is 0.278. The SMILES string of the molecule is COc1ccc(Br)cc1CN(C)C(=O)c1ccc2c(c1)CCN2. The Labute approximate surface area is 144 Å². The summed E-state index contributed by atoms with van der Waals surface area (Å²) >= 11 is 3.47. The number of fused-ring (bicyclic) bond motifs is 1. The first-order chi connectivity index (χ1) is 11.1. The van der Waals surface area contributed by atoms with Crippen molar-refractivity contribution in [2.24, 2.45) is 0 Å². The summed E-state index contributed by atoms with van der Waals surface area (Å²) in [5.41, 5.74) is 4.05. The van der Waals surface area contributed by atoms with Gasteiger partial charge in [-0.1, -0.05) is 15.9 Å². The van der Waals surface area contributed by atoms with Gasteiger partial charge in [-0.2, -0.15) is 0 Å². The maximum Gasteiger partial charge on any atom is 0.253 e. The third-order valence-corrected chi connectivity index (χ3v) is 4.55. The largest absolute Gasteiger partial charge is 0.496 e. The van der Waals surface area contributed by atoms with Crippen LogP contribution in [0.1, 0.15) is 21.5 Å². The summed E-state index contributed by atoms with van der Waals surface area (Å²) in [6, 6.07) is 11.7. The van der Waals surface area contributed by atoms with Gasteiger partial charge in [0, 0.05) is 41.4 Å². The van der Waals surface area contributed by atoms with E-state index in [2.05, 4.69) is 21.2 Å². The zero-order valence-electron chi connectivity index (χ0n) is 13.2. The first-order valence-electron chi connectivity index (χ1n) is 7.53. The minimum absolute atomic E-state index is 0.0155. The molecule has 3 rings (SSSR count). The standard InChI is InChI=1S/C18H19BrN2O2/c1-21(11-14-10-15(19)4-6-17(14)23-2)18(22)13-3-5-16-12(9-13)7-8-20-16/h3-6,9-10,20H,7-8,11H2,1-2H3. The van der Waals surface area contributed by atoms with E-state index in [-0.39, 0.29) is 5.91 Å². The Morgan fingerprint density at radius 1 is 1.30 bits per heavy atom. The van der Waals surface area contributed by atoms with Crippen LogP contribution >= 0.6 is 15.9 Å². The van der Waals surface area contributed by atoms with E-state index in [9.17, 15) is 4.79 Å². The van der Waals surface area contributed by atoms with Gasteiger partial charge < -0.3 is 15.0 Å². The Bertz CT molecular complexity index is 746. The van der Waals surface area contributed by atoms with Crippen molar-refractivity contribution in [2.75, 3.05) is 26.0 Å². The number of ether oxygens (including phenoxy) is 1. The molecule has 0 bridgehead atoms. The number of hydrogen-bond acceptors (Lipinski definition) is 3. The molecule has 4 nitrogen and oxygen atoms in total. The molecule has 0 atom stereocenters. The van der Waals surface area contributed by atoms with Crippen molar-refractivity contribution in [1.82, 2.24) is 4.90 Å². The molecule has 23 heavy (non-hydrogen) atoms. The van der Waals surface area contributed by atoms with Crippen LogP contribution in [0.2, 0.25) is 0 Å². The van der Waals surface area contributed by atoms with Gasteiger partial charge in [0.25, 0.3) is 5.91 Å². The van der Waals surface area contributed by atoms with E-state index in [1.165, 1.54) is 5.56 Å². The fourth-order valence-corrected chi connectivity index (χ4v) is 3.26. The average molecular weight is 375 g/mol. The van der Waals surface area contributed by atoms with Crippen molar-refractivity contribution in [3.8, 4) is 5.75 Å². The molecule has 0 aromatic heterocycles. The molecule has 0 unspecified atom stereocenters. The number of halogens is 1. The van der Waals surface area contributed by atoms with E-state index >= 15 is 0 Å². The molecule has 120 valence electrons. The second kappa shape index (κ2) is 6.62. The van der Waals surface area contributed by atoms with Gasteiger partial charge in [-0.15, -0.1) is 0 Å². The molecule has 1 heterocycles. The molecule has 0 spiro atoms. The number of nitrogens with one attached hydrogen (secondary N) is 1. The number of carbonyl (C=O) groups excluding carboxylic acids is 1. The quantitative estimate of drug-likeness (QED) is 0.886. The van der Waals surface area contributed by atoms with E-state index < -0.39 is 0 Å². The normalized spacial score (nSPS) is 12.5.